The van der Waals surface area contributed by atoms with Gasteiger partial charge in [0.25, 0.3) is 0 Å². The van der Waals surface area contributed by atoms with E-state index in [0.717, 1.165) is 0 Å². The molecule has 0 fully saturated rings. The lowest BCUT2D eigenvalue weighted by Crippen LogP contribution is -2.06. The van der Waals surface area contributed by atoms with Crippen LogP contribution < -0.4 is 10.4 Å². The number of carbonyl (C=O) groups is 1. The third-order valence-corrected chi connectivity index (χ3v) is 2.24. The number of ether oxygens (including phenoxy) is 1. The van der Waals surface area contributed by atoms with Gasteiger partial charge in [-0.05, 0) is 12.1 Å². The molecule has 0 aliphatic heterocycles. The second-order valence-electron chi connectivity index (χ2n) is 3.11. The molecule has 5 heteroatoms. The number of benzene rings is 1. The van der Waals surface area contributed by atoms with Crippen molar-refractivity contribution in [3.8, 4) is 11.5 Å². The maximum absolute atomic E-state index is 11.3. The molecule has 2 rings (SSSR count). The molecule has 0 atom stereocenters. The second kappa shape index (κ2) is 3.69. The van der Waals surface area contributed by atoms with E-state index in [1.165, 1.54) is 13.2 Å². The summed E-state index contributed by atoms with van der Waals surface area (Å²) in [6.07, 6.45) is 0.264. The highest BCUT2D eigenvalue weighted by atomic mass is 16.5. The minimum atomic E-state index is -0.885. The van der Waals surface area contributed by atoms with Gasteiger partial charge in [0.05, 0.1) is 12.5 Å². The first-order valence-electron chi connectivity index (χ1n) is 4.47. The van der Waals surface area contributed by atoms with Crippen LogP contribution in [-0.4, -0.2) is 18.5 Å². The van der Waals surface area contributed by atoms with Gasteiger partial charge in [0.1, 0.15) is 11.3 Å². The van der Waals surface area contributed by atoms with Crippen molar-refractivity contribution in [1.29, 1.82) is 0 Å². The number of carbonyl (C=O) groups excluding carboxylic acids is 1. The molecular formula is C11H8O5. The molecule has 0 unspecified atom stereocenters. The normalized spacial score (nSPS) is 10.3. The summed E-state index contributed by atoms with van der Waals surface area (Å²) in [7, 11) is 1.42. The lowest BCUT2D eigenvalue weighted by atomic mass is 10.1. The van der Waals surface area contributed by atoms with Crippen molar-refractivity contribution in [2.24, 2.45) is 0 Å². The number of methoxy groups -OCH3 is 1. The van der Waals surface area contributed by atoms with Crippen molar-refractivity contribution in [3.63, 3.8) is 0 Å². The molecular weight excluding hydrogens is 212 g/mol. The van der Waals surface area contributed by atoms with Crippen LogP contribution in [-0.2, 0) is 0 Å². The summed E-state index contributed by atoms with van der Waals surface area (Å²) in [6.45, 7) is 0. The van der Waals surface area contributed by atoms with Crippen molar-refractivity contribution >= 4 is 17.3 Å². The van der Waals surface area contributed by atoms with Gasteiger partial charge in [-0.15, -0.1) is 0 Å². The zero-order valence-corrected chi connectivity index (χ0v) is 8.39. The van der Waals surface area contributed by atoms with E-state index >= 15 is 0 Å². The number of para-hydroxylation sites is 1. The van der Waals surface area contributed by atoms with Crippen molar-refractivity contribution < 1.29 is 19.1 Å². The van der Waals surface area contributed by atoms with E-state index in [9.17, 15) is 14.7 Å². The Morgan fingerprint density at radius 1 is 1.44 bits per heavy atom. The molecule has 0 radical (unpaired) electrons. The molecule has 1 N–H and O–H groups in total. The van der Waals surface area contributed by atoms with E-state index < -0.39 is 5.63 Å². The molecule has 1 heterocycles. The van der Waals surface area contributed by atoms with E-state index in [4.69, 9.17) is 9.15 Å². The molecule has 1 aromatic carbocycles. The first-order chi connectivity index (χ1) is 7.69. The minimum absolute atomic E-state index is 0.123. The fourth-order valence-electron chi connectivity index (χ4n) is 1.46. The van der Waals surface area contributed by atoms with Crippen molar-refractivity contribution in [2.45, 2.75) is 0 Å². The highest BCUT2D eigenvalue weighted by molar-refractivity contribution is 5.94. The van der Waals surface area contributed by atoms with E-state index in [0.29, 0.717) is 5.75 Å². The third-order valence-electron chi connectivity index (χ3n) is 2.24. The van der Waals surface area contributed by atoms with E-state index in [2.05, 4.69) is 0 Å². The van der Waals surface area contributed by atoms with Gasteiger partial charge >= 0.3 is 5.63 Å². The summed E-state index contributed by atoms with van der Waals surface area (Å²) in [6, 6.07) is 4.74. The smallest absolute Gasteiger partial charge is 0.350 e. The molecule has 16 heavy (non-hydrogen) atoms. The first kappa shape index (κ1) is 10.2. The van der Waals surface area contributed by atoms with E-state index in [1.54, 1.807) is 12.1 Å². The molecule has 1 aromatic heterocycles. The number of rotatable bonds is 2. The van der Waals surface area contributed by atoms with Gasteiger partial charge in [0.15, 0.2) is 17.6 Å². The fraction of sp³-hybridized carbons (Fsp3) is 0.0909. The minimum Gasteiger partial charge on any atom is -0.506 e. The largest absolute Gasteiger partial charge is 0.506 e. The summed E-state index contributed by atoms with van der Waals surface area (Å²) >= 11 is 0. The topological polar surface area (TPSA) is 76.7 Å². The fourth-order valence-corrected chi connectivity index (χ4v) is 1.46. The number of aromatic hydroxyl groups is 1. The molecule has 0 bridgehead atoms. The van der Waals surface area contributed by atoms with Gasteiger partial charge < -0.3 is 14.3 Å². The Hall–Kier alpha value is -2.30. The van der Waals surface area contributed by atoms with Crippen LogP contribution in [0.3, 0.4) is 0 Å². The lowest BCUT2D eigenvalue weighted by Gasteiger charge is -2.05. The van der Waals surface area contributed by atoms with Crippen LogP contribution in [0.4, 0.5) is 0 Å². The highest BCUT2D eigenvalue weighted by Gasteiger charge is 2.15. The average molecular weight is 220 g/mol. The second-order valence-corrected chi connectivity index (χ2v) is 3.11. The van der Waals surface area contributed by atoms with Crippen molar-refractivity contribution in [3.05, 3.63) is 34.2 Å². The Balaban J connectivity index is 2.97. The molecule has 0 aliphatic rings. The number of hydrogen-bond donors (Lipinski definition) is 1. The SMILES string of the molecule is COc1cccc2c(O)c(C=O)c(=O)oc12. The zero-order valence-electron chi connectivity index (χ0n) is 8.39. The van der Waals surface area contributed by atoms with Crippen molar-refractivity contribution in [2.75, 3.05) is 7.11 Å². The van der Waals surface area contributed by atoms with E-state index in [-0.39, 0.29) is 28.6 Å². The van der Waals surface area contributed by atoms with Crippen LogP contribution in [0, 0.1) is 0 Å². The van der Waals surface area contributed by atoms with Gasteiger partial charge in [-0.2, -0.15) is 0 Å². The molecule has 0 aliphatic carbocycles. The maximum Gasteiger partial charge on any atom is 0.350 e. The molecule has 5 nitrogen and oxygen atoms in total. The molecule has 0 saturated heterocycles. The van der Waals surface area contributed by atoms with Gasteiger partial charge in [-0.3, -0.25) is 4.79 Å². The van der Waals surface area contributed by atoms with Crippen LogP contribution in [0.25, 0.3) is 11.0 Å². The van der Waals surface area contributed by atoms with Gasteiger partial charge in [0.2, 0.25) is 0 Å². The van der Waals surface area contributed by atoms with Gasteiger partial charge in [-0.25, -0.2) is 4.79 Å². The van der Waals surface area contributed by atoms with Crippen LogP contribution in [0.2, 0.25) is 0 Å². The summed E-state index contributed by atoms with van der Waals surface area (Å²) in [5, 5.41) is 9.97. The van der Waals surface area contributed by atoms with E-state index in [1.807, 2.05) is 0 Å². The summed E-state index contributed by atoms with van der Waals surface area (Å²) in [5.41, 5.74) is -1.15. The molecule has 0 saturated carbocycles. The Morgan fingerprint density at radius 2 is 2.19 bits per heavy atom. The summed E-state index contributed by atoms with van der Waals surface area (Å²) in [4.78, 5) is 21.9. The van der Waals surface area contributed by atoms with Gasteiger partial charge in [0, 0.05) is 0 Å². The summed E-state index contributed by atoms with van der Waals surface area (Å²) in [5.74, 6) is -0.0671. The number of hydrogen-bond acceptors (Lipinski definition) is 5. The lowest BCUT2D eigenvalue weighted by molar-refractivity contribution is 0.111. The predicted octanol–water partition coefficient (Wildman–Crippen LogP) is 1.32. The van der Waals surface area contributed by atoms with Crippen LogP contribution in [0.1, 0.15) is 10.4 Å². The van der Waals surface area contributed by atoms with Crippen molar-refractivity contribution in [1.82, 2.24) is 0 Å². The zero-order chi connectivity index (χ0) is 11.7. The molecule has 0 spiro atoms. The van der Waals surface area contributed by atoms with Crippen LogP contribution in [0.5, 0.6) is 11.5 Å². The number of aldehydes is 1. The molecule has 82 valence electrons. The first-order valence-corrected chi connectivity index (χ1v) is 4.47. The third kappa shape index (κ3) is 1.33. The van der Waals surface area contributed by atoms with Crippen LogP contribution in [0.15, 0.2) is 27.4 Å². The van der Waals surface area contributed by atoms with Gasteiger partial charge in [-0.1, -0.05) is 6.07 Å². The summed E-state index contributed by atoms with van der Waals surface area (Å²) < 4.78 is 9.89. The average Bonchev–Trinajstić information content (AvgIpc) is 2.29. The Morgan fingerprint density at radius 3 is 2.81 bits per heavy atom. The Bertz CT molecular complexity index is 612. The maximum atomic E-state index is 11.3. The molecule has 0 amide bonds. The molecule has 2 aromatic rings. The highest BCUT2D eigenvalue weighted by Crippen LogP contribution is 2.31. The number of fused-ring (bicyclic) bond motifs is 1. The van der Waals surface area contributed by atoms with Crippen LogP contribution >= 0.6 is 0 Å². The quantitative estimate of drug-likeness (QED) is 0.610. The Kier molecular flexibility index (Phi) is 2.36. The monoisotopic (exact) mass is 220 g/mol. The predicted molar refractivity (Wildman–Crippen MR) is 56.1 cm³/mol. The Labute approximate surface area is 89.9 Å². The standard InChI is InChI=1S/C11H8O5/c1-15-8-4-2-3-6-9(13)7(5-12)11(14)16-10(6)8/h2-5,13H,1H3.